The lowest BCUT2D eigenvalue weighted by Gasteiger charge is -2.23. The van der Waals surface area contributed by atoms with Crippen molar-refractivity contribution in [3.8, 4) is 0 Å². The van der Waals surface area contributed by atoms with Crippen LogP contribution in [-0.2, 0) is 0 Å². The summed E-state index contributed by atoms with van der Waals surface area (Å²) in [5.74, 6) is 2.09. The molecule has 1 aliphatic rings. The molecule has 4 nitrogen and oxygen atoms in total. The summed E-state index contributed by atoms with van der Waals surface area (Å²) in [5, 5.41) is 0.345. The van der Waals surface area contributed by atoms with Crippen molar-refractivity contribution in [2.45, 2.75) is 25.5 Å². The van der Waals surface area contributed by atoms with Gasteiger partial charge in [-0.1, -0.05) is 0 Å². The van der Waals surface area contributed by atoms with E-state index in [1.165, 1.54) is 5.69 Å². The van der Waals surface area contributed by atoms with Crippen molar-refractivity contribution in [3.63, 3.8) is 0 Å². The van der Waals surface area contributed by atoms with Crippen LogP contribution in [0.3, 0.4) is 0 Å². The zero-order valence-electron chi connectivity index (χ0n) is 15.0. The van der Waals surface area contributed by atoms with E-state index in [2.05, 4.69) is 30.9 Å². The first-order chi connectivity index (χ1) is 12.2. The molecule has 1 aromatic carbocycles. The van der Waals surface area contributed by atoms with Gasteiger partial charge in [0.1, 0.15) is 5.76 Å². The van der Waals surface area contributed by atoms with Crippen LogP contribution in [0.5, 0.6) is 0 Å². The van der Waals surface area contributed by atoms with Crippen molar-refractivity contribution >= 4 is 23.4 Å². The van der Waals surface area contributed by atoms with Crippen LogP contribution < -0.4 is 4.90 Å². The van der Waals surface area contributed by atoms with Crippen LogP contribution in [0.25, 0.3) is 0 Å². The van der Waals surface area contributed by atoms with Crippen LogP contribution >= 0.6 is 11.8 Å². The quantitative estimate of drug-likeness (QED) is 0.791. The van der Waals surface area contributed by atoms with Crippen molar-refractivity contribution in [3.05, 3.63) is 54.0 Å². The molecule has 0 N–H and O–H groups in total. The first-order valence-electron chi connectivity index (χ1n) is 9.02. The first kappa shape index (κ1) is 17.9. The molecule has 25 heavy (non-hydrogen) atoms. The summed E-state index contributed by atoms with van der Waals surface area (Å²) in [6, 6.07) is 12.0. The minimum atomic E-state index is 0.131. The van der Waals surface area contributed by atoms with Crippen LogP contribution in [-0.4, -0.2) is 42.7 Å². The molecule has 3 rings (SSSR count). The van der Waals surface area contributed by atoms with Gasteiger partial charge in [0.25, 0.3) is 5.91 Å². The monoisotopic (exact) mass is 358 g/mol. The van der Waals surface area contributed by atoms with Gasteiger partial charge in [0, 0.05) is 43.2 Å². The molecule has 0 bridgehead atoms. The number of anilines is 1. The van der Waals surface area contributed by atoms with Gasteiger partial charge in [-0.2, -0.15) is 0 Å². The van der Waals surface area contributed by atoms with Crippen molar-refractivity contribution in [1.82, 2.24) is 4.90 Å². The lowest BCUT2D eigenvalue weighted by molar-refractivity contribution is 0.0766. The average molecular weight is 359 g/mol. The van der Waals surface area contributed by atoms with Crippen LogP contribution in [0.4, 0.5) is 5.69 Å². The van der Waals surface area contributed by atoms with Gasteiger partial charge in [-0.05, 0) is 56.7 Å². The summed E-state index contributed by atoms with van der Waals surface area (Å²) in [6.45, 7) is 7.80. The minimum absolute atomic E-state index is 0.131. The standard InChI is InChI=1S/C20H26N2O2S/c1-3-21(4-2)17-9-7-16(8-10-17)20(23)22-12-11-19(25-15-13-22)18-6-5-14-24-18/h5-10,14,19H,3-4,11-13,15H2,1-2H3. The van der Waals surface area contributed by atoms with E-state index in [9.17, 15) is 4.79 Å². The third kappa shape index (κ3) is 4.21. The molecule has 1 saturated heterocycles. The number of benzene rings is 1. The minimum Gasteiger partial charge on any atom is -0.468 e. The third-order valence-electron chi connectivity index (χ3n) is 4.73. The van der Waals surface area contributed by atoms with E-state index < -0.39 is 0 Å². The molecular weight excluding hydrogens is 332 g/mol. The second-order valence-electron chi connectivity index (χ2n) is 6.17. The smallest absolute Gasteiger partial charge is 0.253 e. The van der Waals surface area contributed by atoms with E-state index in [-0.39, 0.29) is 5.91 Å². The van der Waals surface area contributed by atoms with E-state index in [0.29, 0.717) is 5.25 Å². The Hall–Kier alpha value is -1.88. The average Bonchev–Trinajstić information content (AvgIpc) is 3.07. The summed E-state index contributed by atoms with van der Waals surface area (Å²) in [7, 11) is 0. The molecule has 1 aromatic heterocycles. The molecule has 1 aliphatic heterocycles. The van der Waals surface area contributed by atoms with Gasteiger partial charge in [-0.15, -0.1) is 11.8 Å². The molecule has 2 heterocycles. The normalized spacial score (nSPS) is 18.0. The molecule has 0 spiro atoms. The lowest BCUT2D eigenvalue weighted by atomic mass is 10.1. The lowest BCUT2D eigenvalue weighted by Crippen LogP contribution is -2.33. The number of hydrogen-bond acceptors (Lipinski definition) is 4. The molecule has 2 aromatic rings. The first-order valence-corrected chi connectivity index (χ1v) is 10.1. The number of carbonyl (C=O) groups excluding carboxylic acids is 1. The maximum absolute atomic E-state index is 12.8. The molecule has 1 unspecified atom stereocenters. The Labute approximate surface area is 154 Å². The summed E-state index contributed by atoms with van der Waals surface area (Å²) in [4.78, 5) is 17.1. The van der Waals surface area contributed by atoms with Crippen LogP contribution in [0, 0.1) is 0 Å². The zero-order valence-corrected chi connectivity index (χ0v) is 15.8. The van der Waals surface area contributed by atoms with Crippen LogP contribution in [0.15, 0.2) is 47.1 Å². The fourth-order valence-corrected chi connectivity index (χ4v) is 4.44. The Morgan fingerprint density at radius 2 is 1.96 bits per heavy atom. The van der Waals surface area contributed by atoms with Crippen molar-refractivity contribution in [2.75, 3.05) is 36.8 Å². The molecule has 5 heteroatoms. The third-order valence-corrected chi connectivity index (χ3v) is 6.02. The van der Waals surface area contributed by atoms with E-state index in [4.69, 9.17) is 4.42 Å². The number of amides is 1. The highest BCUT2D eigenvalue weighted by Crippen LogP contribution is 2.34. The molecular formula is C20H26N2O2S. The van der Waals surface area contributed by atoms with Gasteiger partial charge in [-0.25, -0.2) is 0 Å². The second kappa shape index (κ2) is 8.48. The summed E-state index contributed by atoms with van der Waals surface area (Å²) in [6.07, 6.45) is 2.66. The number of rotatable bonds is 5. The molecule has 0 aliphatic carbocycles. The van der Waals surface area contributed by atoms with Gasteiger partial charge in [0.15, 0.2) is 0 Å². The molecule has 0 saturated carbocycles. The second-order valence-corrected chi connectivity index (χ2v) is 7.49. The highest BCUT2D eigenvalue weighted by atomic mass is 32.2. The highest BCUT2D eigenvalue weighted by Gasteiger charge is 2.24. The Morgan fingerprint density at radius 1 is 1.20 bits per heavy atom. The Balaban J connectivity index is 1.64. The van der Waals surface area contributed by atoms with E-state index >= 15 is 0 Å². The van der Waals surface area contributed by atoms with Crippen molar-refractivity contribution in [2.24, 2.45) is 0 Å². The van der Waals surface area contributed by atoms with Gasteiger partial charge in [-0.3, -0.25) is 4.79 Å². The maximum atomic E-state index is 12.8. The topological polar surface area (TPSA) is 36.7 Å². The van der Waals surface area contributed by atoms with Gasteiger partial charge >= 0.3 is 0 Å². The van der Waals surface area contributed by atoms with E-state index in [1.54, 1.807) is 6.26 Å². The summed E-state index contributed by atoms with van der Waals surface area (Å²) in [5.41, 5.74) is 1.95. The zero-order chi connectivity index (χ0) is 17.6. The van der Waals surface area contributed by atoms with Gasteiger partial charge < -0.3 is 14.2 Å². The number of nitrogens with zero attached hydrogens (tertiary/aromatic N) is 2. The Bertz CT molecular complexity index is 666. The Morgan fingerprint density at radius 3 is 2.60 bits per heavy atom. The predicted octanol–water partition coefficient (Wildman–Crippen LogP) is 4.45. The highest BCUT2D eigenvalue weighted by molar-refractivity contribution is 7.99. The molecule has 1 atom stereocenters. The molecule has 134 valence electrons. The Kier molecular flexibility index (Phi) is 6.08. The summed E-state index contributed by atoms with van der Waals surface area (Å²) < 4.78 is 5.54. The number of carbonyl (C=O) groups is 1. The van der Waals surface area contributed by atoms with Crippen molar-refractivity contribution < 1.29 is 9.21 Å². The maximum Gasteiger partial charge on any atom is 0.253 e. The van der Waals surface area contributed by atoms with Crippen molar-refractivity contribution in [1.29, 1.82) is 0 Å². The SMILES string of the molecule is CCN(CC)c1ccc(C(=O)N2CCSC(c3ccco3)CC2)cc1. The number of hydrogen-bond donors (Lipinski definition) is 0. The van der Waals surface area contributed by atoms with Crippen LogP contribution in [0.2, 0.25) is 0 Å². The van der Waals surface area contributed by atoms with Gasteiger partial charge in [0.05, 0.1) is 11.5 Å². The van der Waals surface area contributed by atoms with Crippen LogP contribution in [0.1, 0.15) is 41.6 Å². The van der Waals surface area contributed by atoms with E-state index in [0.717, 1.165) is 49.7 Å². The summed E-state index contributed by atoms with van der Waals surface area (Å²) >= 11 is 1.88. The number of thioether (sulfide) groups is 1. The predicted molar refractivity (Wildman–Crippen MR) is 104 cm³/mol. The molecule has 0 radical (unpaired) electrons. The largest absolute Gasteiger partial charge is 0.468 e. The fourth-order valence-electron chi connectivity index (χ4n) is 3.26. The fraction of sp³-hybridized carbons (Fsp3) is 0.450. The van der Waals surface area contributed by atoms with E-state index in [1.807, 2.05) is 40.9 Å². The number of furan rings is 1. The molecule has 1 amide bonds. The van der Waals surface area contributed by atoms with Gasteiger partial charge in [0.2, 0.25) is 0 Å². The molecule has 1 fully saturated rings.